The molecule has 0 aliphatic carbocycles. The van der Waals surface area contributed by atoms with Crippen molar-refractivity contribution in [2.75, 3.05) is 7.11 Å². The minimum atomic E-state index is -1.59. The maximum atomic E-state index is 5.83. The summed E-state index contributed by atoms with van der Waals surface area (Å²) in [6.45, 7) is 0. The van der Waals surface area contributed by atoms with Gasteiger partial charge in [0.25, 0.3) is 0 Å². The van der Waals surface area contributed by atoms with Crippen LogP contribution >= 0.6 is 0 Å². The highest BCUT2D eigenvalue weighted by atomic mass is 28.3. The van der Waals surface area contributed by atoms with Gasteiger partial charge in [0.15, 0.2) is 0 Å². The molecule has 0 saturated heterocycles. The fraction of sp³-hybridized carbons (Fsp3) is 0.0526. The first kappa shape index (κ1) is 14.6. The van der Waals surface area contributed by atoms with Crippen LogP contribution in [0.5, 0.6) is 11.5 Å². The van der Waals surface area contributed by atoms with Crippen LogP contribution in [0.2, 0.25) is 0 Å². The molecule has 3 aromatic rings. The minimum absolute atomic E-state index is 0.840. The molecule has 0 heterocycles. The van der Waals surface area contributed by atoms with Crippen molar-refractivity contribution >= 4 is 19.4 Å². The number of para-hydroxylation sites is 1. The average Bonchev–Trinajstić information content (AvgIpc) is 2.59. The van der Waals surface area contributed by atoms with Gasteiger partial charge in [0.1, 0.15) is 11.5 Å². The minimum Gasteiger partial charge on any atom is -0.457 e. The lowest BCUT2D eigenvalue weighted by atomic mass is 10.3. The molecule has 3 rings (SSSR count). The number of hydrogen-bond acceptors (Lipinski definition) is 2. The molecule has 0 aliphatic rings. The molecule has 0 aromatic heterocycles. The molecular weight excluding hydrogens is 288 g/mol. The molecule has 0 bridgehead atoms. The van der Waals surface area contributed by atoms with E-state index in [2.05, 4.69) is 36.4 Å². The largest absolute Gasteiger partial charge is 0.457 e. The zero-order valence-corrected chi connectivity index (χ0v) is 13.6. The SMILES string of the molecule is CO[SiH](c1ccccc1)c1ccc(Oc2ccccc2)cc1. The van der Waals surface area contributed by atoms with Gasteiger partial charge in [-0.1, -0.05) is 60.7 Å². The zero-order chi connectivity index (χ0) is 15.2. The molecular formula is C19H18O2Si. The van der Waals surface area contributed by atoms with Crippen molar-refractivity contribution in [1.29, 1.82) is 0 Å². The van der Waals surface area contributed by atoms with E-state index < -0.39 is 9.04 Å². The van der Waals surface area contributed by atoms with Crippen molar-refractivity contribution in [3.63, 3.8) is 0 Å². The Labute approximate surface area is 132 Å². The first-order valence-electron chi connectivity index (χ1n) is 7.27. The highest BCUT2D eigenvalue weighted by molar-refractivity contribution is 6.79. The number of rotatable bonds is 5. The predicted molar refractivity (Wildman–Crippen MR) is 92.8 cm³/mol. The van der Waals surface area contributed by atoms with E-state index in [-0.39, 0.29) is 0 Å². The van der Waals surface area contributed by atoms with Crippen molar-refractivity contribution in [2.45, 2.75) is 0 Å². The predicted octanol–water partition coefficient (Wildman–Crippen LogP) is 2.96. The maximum absolute atomic E-state index is 5.83. The van der Waals surface area contributed by atoms with Gasteiger partial charge >= 0.3 is 0 Å². The van der Waals surface area contributed by atoms with Crippen LogP contribution in [0, 0.1) is 0 Å². The van der Waals surface area contributed by atoms with Crippen molar-refractivity contribution in [1.82, 2.24) is 0 Å². The molecule has 0 radical (unpaired) electrons. The lowest BCUT2D eigenvalue weighted by Gasteiger charge is -2.14. The Kier molecular flexibility index (Phi) is 4.68. The van der Waals surface area contributed by atoms with Crippen LogP contribution in [0.1, 0.15) is 0 Å². The summed E-state index contributed by atoms with van der Waals surface area (Å²) in [7, 11) is 0.199. The molecule has 0 N–H and O–H groups in total. The van der Waals surface area contributed by atoms with Crippen LogP contribution in [-0.4, -0.2) is 16.2 Å². The highest BCUT2D eigenvalue weighted by Gasteiger charge is 2.15. The van der Waals surface area contributed by atoms with Gasteiger partial charge in [0.05, 0.1) is 0 Å². The van der Waals surface area contributed by atoms with Gasteiger partial charge in [-0.2, -0.15) is 0 Å². The third kappa shape index (κ3) is 3.45. The Hall–Kier alpha value is -2.36. The molecule has 0 aliphatic heterocycles. The van der Waals surface area contributed by atoms with Crippen molar-refractivity contribution in [3.05, 3.63) is 84.9 Å². The molecule has 110 valence electrons. The van der Waals surface area contributed by atoms with Gasteiger partial charge in [-0.05, 0) is 34.6 Å². The first-order valence-corrected chi connectivity index (χ1v) is 8.90. The van der Waals surface area contributed by atoms with Crippen molar-refractivity contribution in [2.24, 2.45) is 0 Å². The molecule has 0 fully saturated rings. The third-order valence-electron chi connectivity index (χ3n) is 3.50. The molecule has 0 amide bonds. The van der Waals surface area contributed by atoms with Crippen LogP contribution in [0.25, 0.3) is 0 Å². The fourth-order valence-corrected chi connectivity index (χ4v) is 4.47. The molecule has 1 atom stereocenters. The molecule has 3 aromatic carbocycles. The van der Waals surface area contributed by atoms with Crippen LogP contribution in [0.4, 0.5) is 0 Å². The number of hydrogen-bond donors (Lipinski definition) is 0. The molecule has 0 spiro atoms. The normalized spacial score (nSPS) is 11.9. The lowest BCUT2D eigenvalue weighted by Crippen LogP contribution is -2.43. The Balaban J connectivity index is 1.78. The standard InChI is InChI=1S/C19H18O2Si/c1-20-22(18-10-6-3-7-11-18)19-14-12-17(13-15-19)21-16-8-4-2-5-9-16/h2-15,22H,1H3. The van der Waals surface area contributed by atoms with E-state index in [0.29, 0.717) is 0 Å². The van der Waals surface area contributed by atoms with Crippen molar-refractivity contribution in [3.8, 4) is 11.5 Å². The van der Waals surface area contributed by atoms with E-state index >= 15 is 0 Å². The summed E-state index contributed by atoms with van der Waals surface area (Å²) in [6.07, 6.45) is 0. The lowest BCUT2D eigenvalue weighted by molar-refractivity contribution is 0.439. The molecule has 22 heavy (non-hydrogen) atoms. The Morgan fingerprint density at radius 3 is 1.68 bits per heavy atom. The Morgan fingerprint density at radius 2 is 1.09 bits per heavy atom. The maximum Gasteiger partial charge on any atom is 0.239 e. The van der Waals surface area contributed by atoms with E-state index in [1.807, 2.05) is 48.5 Å². The summed E-state index contributed by atoms with van der Waals surface area (Å²) in [5.74, 6) is 1.69. The van der Waals surface area contributed by atoms with Gasteiger partial charge in [-0.3, -0.25) is 0 Å². The molecule has 0 saturated carbocycles. The second-order valence-electron chi connectivity index (χ2n) is 5.01. The summed E-state index contributed by atoms with van der Waals surface area (Å²) >= 11 is 0. The van der Waals surface area contributed by atoms with E-state index in [9.17, 15) is 0 Å². The van der Waals surface area contributed by atoms with Crippen LogP contribution in [0.15, 0.2) is 84.9 Å². The quantitative estimate of drug-likeness (QED) is 0.675. The van der Waals surface area contributed by atoms with Crippen LogP contribution in [-0.2, 0) is 4.43 Å². The van der Waals surface area contributed by atoms with E-state index in [0.717, 1.165) is 11.5 Å². The number of ether oxygens (including phenoxy) is 1. The average molecular weight is 306 g/mol. The summed E-state index contributed by atoms with van der Waals surface area (Å²) in [6, 6.07) is 28.4. The first-order chi connectivity index (χ1) is 10.9. The summed E-state index contributed by atoms with van der Waals surface area (Å²) in [5.41, 5.74) is 0. The topological polar surface area (TPSA) is 18.5 Å². The van der Waals surface area contributed by atoms with E-state index in [1.165, 1.54) is 10.4 Å². The molecule has 2 nitrogen and oxygen atoms in total. The smallest absolute Gasteiger partial charge is 0.239 e. The summed E-state index contributed by atoms with van der Waals surface area (Å²) in [4.78, 5) is 0. The van der Waals surface area contributed by atoms with Crippen LogP contribution in [0.3, 0.4) is 0 Å². The van der Waals surface area contributed by atoms with E-state index in [4.69, 9.17) is 9.16 Å². The van der Waals surface area contributed by atoms with Gasteiger partial charge in [0.2, 0.25) is 9.04 Å². The fourth-order valence-electron chi connectivity index (χ4n) is 2.43. The second kappa shape index (κ2) is 7.07. The van der Waals surface area contributed by atoms with Crippen LogP contribution < -0.4 is 15.1 Å². The van der Waals surface area contributed by atoms with Gasteiger partial charge in [-0.15, -0.1) is 0 Å². The summed E-state index contributed by atoms with van der Waals surface area (Å²) < 4.78 is 11.6. The van der Waals surface area contributed by atoms with Gasteiger partial charge < -0.3 is 9.16 Å². The van der Waals surface area contributed by atoms with E-state index in [1.54, 1.807) is 7.11 Å². The molecule has 3 heteroatoms. The molecule has 1 unspecified atom stereocenters. The Morgan fingerprint density at radius 1 is 0.591 bits per heavy atom. The summed E-state index contributed by atoms with van der Waals surface area (Å²) in [5, 5.41) is 2.52. The zero-order valence-electron chi connectivity index (χ0n) is 12.5. The second-order valence-corrected chi connectivity index (χ2v) is 7.58. The monoisotopic (exact) mass is 306 g/mol. The Bertz CT molecular complexity index is 697. The third-order valence-corrected chi connectivity index (χ3v) is 5.95. The van der Waals surface area contributed by atoms with Crippen molar-refractivity contribution < 1.29 is 9.16 Å². The highest BCUT2D eigenvalue weighted by Crippen LogP contribution is 2.19. The van der Waals surface area contributed by atoms with Gasteiger partial charge in [0, 0.05) is 7.11 Å². The number of benzene rings is 3. The van der Waals surface area contributed by atoms with Gasteiger partial charge in [-0.25, -0.2) is 0 Å².